The van der Waals surface area contributed by atoms with Crippen molar-refractivity contribution in [2.75, 3.05) is 11.9 Å². The molecular formula is C23H20N4. The maximum atomic E-state index is 4.73. The highest BCUT2D eigenvalue weighted by Crippen LogP contribution is 2.23. The fraction of sp³-hybridized carbons (Fsp3) is 0.0870. The first kappa shape index (κ1) is 16.9. The van der Waals surface area contributed by atoms with Crippen molar-refractivity contribution in [3.8, 4) is 22.8 Å². The predicted molar refractivity (Wildman–Crippen MR) is 109 cm³/mol. The zero-order valence-electron chi connectivity index (χ0n) is 14.9. The van der Waals surface area contributed by atoms with Gasteiger partial charge in [-0.05, 0) is 24.1 Å². The molecule has 0 atom stereocenters. The lowest BCUT2D eigenvalue weighted by atomic mass is 10.1. The van der Waals surface area contributed by atoms with Crippen LogP contribution in [-0.4, -0.2) is 21.5 Å². The summed E-state index contributed by atoms with van der Waals surface area (Å²) in [5.41, 5.74) is 3.93. The summed E-state index contributed by atoms with van der Waals surface area (Å²) in [6, 6.07) is 28.2. The van der Waals surface area contributed by atoms with E-state index in [9.17, 15) is 0 Å². The Morgan fingerprint density at radius 2 is 1.44 bits per heavy atom. The largest absolute Gasteiger partial charge is 0.370 e. The molecule has 0 aliphatic rings. The Bertz CT molecular complexity index is 929. The maximum absolute atomic E-state index is 4.73. The van der Waals surface area contributed by atoms with Gasteiger partial charge in [0.1, 0.15) is 5.82 Å². The summed E-state index contributed by atoms with van der Waals surface area (Å²) >= 11 is 0. The van der Waals surface area contributed by atoms with Gasteiger partial charge in [-0.1, -0.05) is 66.7 Å². The van der Waals surface area contributed by atoms with E-state index in [1.54, 1.807) is 6.20 Å². The molecule has 0 aliphatic heterocycles. The summed E-state index contributed by atoms with van der Waals surface area (Å²) in [6.07, 6.45) is 2.71. The summed E-state index contributed by atoms with van der Waals surface area (Å²) in [6.45, 7) is 0.802. The molecule has 4 heteroatoms. The second-order valence-electron chi connectivity index (χ2n) is 6.21. The third-order valence-electron chi connectivity index (χ3n) is 4.25. The summed E-state index contributed by atoms with van der Waals surface area (Å²) in [5, 5.41) is 3.43. The number of nitrogens with one attached hydrogen (secondary N) is 1. The Balaban J connectivity index is 1.62. The molecule has 0 saturated carbocycles. The van der Waals surface area contributed by atoms with E-state index in [2.05, 4.69) is 34.6 Å². The molecule has 0 amide bonds. The third kappa shape index (κ3) is 4.36. The van der Waals surface area contributed by atoms with Gasteiger partial charge in [-0.15, -0.1) is 0 Å². The van der Waals surface area contributed by atoms with Gasteiger partial charge in [-0.25, -0.2) is 9.97 Å². The topological polar surface area (TPSA) is 50.7 Å². The van der Waals surface area contributed by atoms with Crippen molar-refractivity contribution < 1.29 is 0 Å². The van der Waals surface area contributed by atoms with Crippen LogP contribution in [0.25, 0.3) is 22.8 Å². The number of rotatable bonds is 6. The number of hydrogen-bond donors (Lipinski definition) is 1. The van der Waals surface area contributed by atoms with E-state index in [0.29, 0.717) is 5.82 Å². The van der Waals surface area contributed by atoms with E-state index in [4.69, 9.17) is 9.97 Å². The van der Waals surface area contributed by atoms with Crippen molar-refractivity contribution in [3.63, 3.8) is 0 Å². The molecule has 4 rings (SSSR count). The summed E-state index contributed by atoms with van der Waals surface area (Å²) in [4.78, 5) is 13.9. The van der Waals surface area contributed by atoms with E-state index < -0.39 is 0 Å². The molecule has 0 unspecified atom stereocenters. The molecule has 0 spiro atoms. The van der Waals surface area contributed by atoms with E-state index in [1.807, 2.05) is 60.7 Å². The minimum atomic E-state index is 0.695. The van der Waals surface area contributed by atoms with Crippen LogP contribution in [-0.2, 0) is 6.42 Å². The molecule has 0 radical (unpaired) electrons. The smallest absolute Gasteiger partial charge is 0.162 e. The third-order valence-corrected chi connectivity index (χ3v) is 4.25. The Hall–Kier alpha value is -3.53. The van der Waals surface area contributed by atoms with Crippen molar-refractivity contribution in [2.45, 2.75) is 6.42 Å². The molecule has 0 bridgehead atoms. The lowest BCUT2D eigenvalue weighted by Crippen LogP contribution is -2.08. The zero-order valence-corrected chi connectivity index (χ0v) is 14.9. The van der Waals surface area contributed by atoms with Crippen LogP contribution in [0.3, 0.4) is 0 Å². The second-order valence-corrected chi connectivity index (χ2v) is 6.21. The number of nitrogens with zero attached hydrogens (tertiary/aromatic N) is 3. The van der Waals surface area contributed by atoms with Gasteiger partial charge in [-0.2, -0.15) is 0 Å². The quantitative estimate of drug-likeness (QED) is 0.538. The lowest BCUT2D eigenvalue weighted by Gasteiger charge is -2.10. The maximum Gasteiger partial charge on any atom is 0.162 e. The van der Waals surface area contributed by atoms with Crippen molar-refractivity contribution in [1.82, 2.24) is 15.0 Å². The van der Waals surface area contributed by atoms with Crippen LogP contribution in [0.1, 0.15) is 5.56 Å². The predicted octanol–water partition coefficient (Wildman–Crippen LogP) is 4.86. The van der Waals surface area contributed by atoms with Crippen molar-refractivity contribution in [2.24, 2.45) is 0 Å². The van der Waals surface area contributed by atoms with E-state index in [-0.39, 0.29) is 0 Å². The Labute approximate surface area is 159 Å². The highest BCUT2D eigenvalue weighted by atomic mass is 15.0. The highest BCUT2D eigenvalue weighted by Gasteiger charge is 2.09. The molecular weight excluding hydrogens is 332 g/mol. The van der Waals surface area contributed by atoms with Gasteiger partial charge in [0.25, 0.3) is 0 Å². The number of benzene rings is 2. The van der Waals surface area contributed by atoms with Gasteiger partial charge in [0, 0.05) is 24.4 Å². The highest BCUT2D eigenvalue weighted by molar-refractivity contribution is 5.65. The molecule has 0 saturated heterocycles. The van der Waals surface area contributed by atoms with Gasteiger partial charge in [0.15, 0.2) is 5.82 Å². The van der Waals surface area contributed by atoms with Crippen molar-refractivity contribution in [1.29, 1.82) is 0 Å². The molecule has 132 valence electrons. The van der Waals surface area contributed by atoms with E-state index >= 15 is 0 Å². The minimum Gasteiger partial charge on any atom is -0.370 e. The van der Waals surface area contributed by atoms with E-state index in [1.165, 1.54) is 5.56 Å². The van der Waals surface area contributed by atoms with Crippen LogP contribution >= 0.6 is 0 Å². The summed E-state index contributed by atoms with van der Waals surface area (Å²) < 4.78 is 0. The van der Waals surface area contributed by atoms with Crippen LogP contribution in [0, 0.1) is 0 Å². The Morgan fingerprint density at radius 1 is 0.704 bits per heavy atom. The summed E-state index contributed by atoms with van der Waals surface area (Å²) in [7, 11) is 0. The van der Waals surface area contributed by atoms with Crippen LogP contribution in [0.5, 0.6) is 0 Å². The average molecular weight is 352 g/mol. The van der Waals surface area contributed by atoms with Gasteiger partial charge < -0.3 is 5.32 Å². The van der Waals surface area contributed by atoms with Crippen molar-refractivity contribution >= 4 is 5.82 Å². The average Bonchev–Trinajstić information content (AvgIpc) is 2.76. The molecule has 2 aromatic heterocycles. The Kier molecular flexibility index (Phi) is 5.16. The monoisotopic (exact) mass is 352 g/mol. The molecule has 1 N–H and O–H groups in total. The molecule has 27 heavy (non-hydrogen) atoms. The van der Waals surface area contributed by atoms with Crippen LogP contribution < -0.4 is 5.32 Å². The van der Waals surface area contributed by atoms with Gasteiger partial charge >= 0.3 is 0 Å². The molecule has 2 heterocycles. The molecule has 4 nitrogen and oxygen atoms in total. The first-order chi connectivity index (χ1) is 13.4. The van der Waals surface area contributed by atoms with Crippen LogP contribution in [0.2, 0.25) is 0 Å². The summed E-state index contributed by atoms with van der Waals surface area (Å²) in [5.74, 6) is 1.50. The molecule has 0 aliphatic carbocycles. The SMILES string of the molecule is c1ccc(CCNc2cc(-c3ccccn3)nc(-c3ccccc3)n2)cc1. The number of aromatic nitrogens is 3. The first-order valence-corrected chi connectivity index (χ1v) is 9.02. The van der Waals surface area contributed by atoms with Gasteiger partial charge in [0.2, 0.25) is 0 Å². The molecule has 2 aromatic carbocycles. The first-order valence-electron chi connectivity index (χ1n) is 9.02. The number of anilines is 1. The molecule has 0 fully saturated rings. The fourth-order valence-electron chi connectivity index (χ4n) is 2.88. The zero-order chi connectivity index (χ0) is 18.3. The Morgan fingerprint density at radius 3 is 2.19 bits per heavy atom. The fourth-order valence-corrected chi connectivity index (χ4v) is 2.88. The van der Waals surface area contributed by atoms with E-state index in [0.717, 1.165) is 35.7 Å². The lowest BCUT2D eigenvalue weighted by molar-refractivity contribution is 1.00. The number of pyridine rings is 1. The number of hydrogen-bond acceptors (Lipinski definition) is 4. The normalized spacial score (nSPS) is 10.5. The second kappa shape index (κ2) is 8.23. The van der Waals surface area contributed by atoms with Crippen molar-refractivity contribution in [3.05, 3.63) is 96.7 Å². The minimum absolute atomic E-state index is 0.695. The van der Waals surface area contributed by atoms with Gasteiger partial charge in [0.05, 0.1) is 11.4 Å². The standard InChI is InChI=1S/C23H20N4/c1-3-9-18(10-4-1)14-16-25-22-17-21(20-13-7-8-15-24-20)26-23(27-22)19-11-5-2-6-12-19/h1-13,15,17H,14,16H2,(H,25,26,27). The van der Waals surface area contributed by atoms with Crippen LogP contribution in [0.4, 0.5) is 5.82 Å². The van der Waals surface area contributed by atoms with Gasteiger partial charge in [-0.3, -0.25) is 4.98 Å². The molecule has 4 aromatic rings. The van der Waals surface area contributed by atoms with Crippen LogP contribution in [0.15, 0.2) is 91.1 Å².